The third kappa shape index (κ3) is 3.67. The second-order valence-corrected chi connectivity index (χ2v) is 6.00. The molecule has 5 heteroatoms. The zero-order chi connectivity index (χ0) is 16.2. The molecule has 1 aliphatic rings. The highest BCUT2D eigenvalue weighted by Gasteiger charge is 2.29. The van der Waals surface area contributed by atoms with Gasteiger partial charge in [0.25, 0.3) is 5.91 Å². The standard InChI is InChI=1S/C18H22N4O/c1-13-6-3-9-16(20-13)18(23)22-11-5-8-15(22)12-19-17-10-4-7-14(2)21-17/h3-4,6-7,9-10,15H,5,8,11-12H2,1-2H3,(H,19,21). The fourth-order valence-corrected chi connectivity index (χ4v) is 2.99. The summed E-state index contributed by atoms with van der Waals surface area (Å²) in [7, 11) is 0. The summed E-state index contributed by atoms with van der Waals surface area (Å²) in [5.41, 5.74) is 2.39. The van der Waals surface area contributed by atoms with Crippen molar-refractivity contribution in [3.63, 3.8) is 0 Å². The van der Waals surface area contributed by atoms with Gasteiger partial charge in [-0.1, -0.05) is 12.1 Å². The lowest BCUT2D eigenvalue weighted by molar-refractivity contribution is 0.0737. The summed E-state index contributed by atoms with van der Waals surface area (Å²) in [6, 6.07) is 11.7. The van der Waals surface area contributed by atoms with Gasteiger partial charge in [0, 0.05) is 30.5 Å². The van der Waals surface area contributed by atoms with E-state index in [9.17, 15) is 4.79 Å². The Kier molecular flexibility index (Phi) is 4.55. The molecular weight excluding hydrogens is 288 g/mol. The molecule has 0 aromatic carbocycles. The van der Waals surface area contributed by atoms with Gasteiger partial charge in [-0.3, -0.25) is 4.79 Å². The molecule has 2 aromatic rings. The Bertz CT molecular complexity index is 701. The minimum absolute atomic E-state index is 0.0233. The Labute approximate surface area is 136 Å². The summed E-state index contributed by atoms with van der Waals surface area (Å²) in [4.78, 5) is 23.4. The SMILES string of the molecule is Cc1cccc(NCC2CCCN2C(=O)c2cccc(C)n2)n1. The first-order chi connectivity index (χ1) is 11.1. The normalized spacial score (nSPS) is 17.3. The fraction of sp³-hybridized carbons (Fsp3) is 0.389. The number of hydrogen-bond acceptors (Lipinski definition) is 4. The number of nitrogens with one attached hydrogen (secondary N) is 1. The van der Waals surface area contributed by atoms with Crippen LogP contribution in [-0.2, 0) is 0 Å². The summed E-state index contributed by atoms with van der Waals surface area (Å²) in [5, 5.41) is 3.35. The minimum Gasteiger partial charge on any atom is -0.368 e. The molecule has 1 amide bonds. The molecule has 1 fully saturated rings. The Balaban J connectivity index is 1.66. The van der Waals surface area contributed by atoms with Gasteiger partial charge in [0.05, 0.1) is 0 Å². The van der Waals surface area contributed by atoms with Gasteiger partial charge >= 0.3 is 0 Å². The average molecular weight is 310 g/mol. The smallest absolute Gasteiger partial charge is 0.272 e. The predicted molar refractivity (Wildman–Crippen MR) is 90.5 cm³/mol. The van der Waals surface area contributed by atoms with Crippen molar-refractivity contribution in [1.29, 1.82) is 0 Å². The molecule has 0 aliphatic carbocycles. The number of amides is 1. The summed E-state index contributed by atoms with van der Waals surface area (Å²) in [6.45, 7) is 5.39. The van der Waals surface area contributed by atoms with Crippen molar-refractivity contribution in [3.05, 3.63) is 53.5 Å². The monoisotopic (exact) mass is 310 g/mol. The van der Waals surface area contributed by atoms with E-state index in [0.29, 0.717) is 12.2 Å². The van der Waals surface area contributed by atoms with Crippen LogP contribution < -0.4 is 5.32 Å². The Morgan fingerprint density at radius 2 is 1.91 bits per heavy atom. The second-order valence-electron chi connectivity index (χ2n) is 6.00. The maximum atomic E-state index is 12.7. The maximum absolute atomic E-state index is 12.7. The second kappa shape index (κ2) is 6.77. The first-order valence-corrected chi connectivity index (χ1v) is 8.05. The quantitative estimate of drug-likeness (QED) is 0.943. The van der Waals surface area contributed by atoms with Crippen molar-refractivity contribution in [2.75, 3.05) is 18.4 Å². The minimum atomic E-state index is 0.0233. The Morgan fingerprint density at radius 3 is 2.65 bits per heavy atom. The van der Waals surface area contributed by atoms with Crippen LogP contribution in [0.1, 0.15) is 34.7 Å². The zero-order valence-corrected chi connectivity index (χ0v) is 13.6. The van der Waals surface area contributed by atoms with Crippen LogP contribution in [0.4, 0.5) is 5.82 Å². The number of aryl methyl sites for hydroxylation is 2. The van der Waals surface area contributed by atoms with Crippen LogP contribution in [-0.4, -0.2) is 39.9 Å². The van der Waals surface area contributed by atoms with E-state index in [2.05, 4.69) is 15.3 Å². The predicted octanol–water partition coefficient (Wildman–Crippen LogP) is 2.81. The molecule has 3 heterocycles. The summed E-state index contributed by atoms with van der Waals surface area (Å²) in [6.07, 6.45) is 2.04. The first kappa shape index (κ1) is 15.5. The molecule has 1 unspecified atom stereocenters. The van der Waals surface area contributed by atoms with Crippen LogP contribution in [0.25, 0.3) is 0 Å². The number of likely N-dealkylation sites (tertiary alicyclic amines) is 1. The van der Waals surface area contributed by atoms with Crippen LogP contribution in [0.5, 0.6) is 0 Å². The molecule has 5 nitrogen and oxygen atoms in total. The van der Waals surface area contributed by atoms with Crippen LogP contribution in [0, 0.1) is 13.8 Å². The van der Waals surface area contributed by atoms with Gasteiger partial charge in [0.2, 0.25) is 0 Å². The number of nitrogens with zero attached hydrogens (tertiary/aromatic N) is 3. The third-order valence-electron chi connectivity index (χ3n) is 4.15. The lowest BCUT2D eigenvalue weighted by Gasteiger charge is -2.25. The van der Waals surface area contributed by atoms with E-state index in [4.69, 9.17) is 0 Å². The molecule has 1 saturated heterocycles. The highest BCUT2D eigenvalue weighted by molar-refractivity contribution is 5.92. The van der Waals surface area contributed by atoms with E-state index >= 15 is 0 Å². The largest absolute Gasteiger partial charge is 0.368 e. The van der Waals surface area contributed by atoms with Gasteiger partial charge < -0.3 is 10.2 Å². The number of carbonyl (C=O) groups is 1. The number of aromatic nitrogens is 2. The molecule has 1 atom stereocenters. The number of hydrogen-bond donors (Lipinski definition) is 1. The molecule has 1 aliphatic heterocycles. The van der Waals surface area contributed by atoms with E-state index < -0.39 is 0 Å². The van der Waals surface area contributed by atoms with Crippen LogP contribution in [0.3, 0.4) is 0 Å². The van der Waals surface area contributed by atoms with Gasteiger partial charge in [-0.05, 0) is 51.0 Å². The van der Waals surface area contributed by atoms with Crippen molar-refractivity contribution >= 4 is 11.7 Å². The van der Waals surface area contributed by atoms with Gasteiger partial charge in [-0.15, -0.1) is 0 Å². The molecule has 0 radical (unpaired) electrons. The number of carbonyl (C=O) groups excluding carboxylic acids is 1. The maximum Gasteiger partial charge on any atom is 0.272 e. The van der Waals surface area contributed by atoms with Crippen molar-refractivity contribution in [2.45, 2.75) is 32.7 Å². The van der Waals surface area contributed by atoms with Crippen molar-refractivity contribution < 1.29 is 4.79 Å². The summed E-state index contributed by atoms with van der Waals surface area (Å²) >= 11 is 0. The average Bonchev–Trinajstić information content (AvgIpc) is 3.01. The molecule has 3 rings (SSSR count). The molecule has 2 aromatic heterocycles. The van der Waals surface area contributed by atoms with E-state index in [1.807, 2.05) is 49.1 Å². The number of pyridine rings is 2. The Hall–Kier alpha value is -2.43. The van der Waals surface area contributed by atoms with E-state index in [1.165, 1.54) is 0 Å². The first-order valence-electron chi connectivity index (χ1n) is 8.05. The molecule has 0 spiro atoms. The van der Waals surface area contributed by atoms with Gasteiger partial charge in [-0.2, -0.15) is 0 Å². The van der Waals surface area contributed by atoms with Gasteiger partial charge in [-0.25, -0.2) is 9.97 Å². The lowest BCUT2D eigenvalue weighted by Crippen LogP contribution is -2.40. The van der Waals surface area contributed by atoms with E-state index in [1.54, 1.807) is 6.07 Å². The molecule has 23 heavy (non-hydrogen) atoms. The van der Waals surface area contributed by atoms with Crippen molar-refractivity contribution in [1.82, 2.24) is 14.9 Å². The van der Waals surface area contributed by atoms with Gasteiger partial charge in [0.15, 0.2) is 0 Å². The highest BCUT2D eigenvalue weighted by atomic mass is 16.2. The highest BCUT2D eigenvalue weighted by Crippen LogP contribution is 2.20. The van der Waals surface area contributed by atoms with Crippen LogP contribution >= 0.6 is 0 Å². The van der Waals surface area contributed by atoms with E-state index in [0.717, 1.165) is 36.6 Å². The van der Waals surface area contributed by atoms with Gasteiger partial charge in [0.1, 0.15) is 11.5 Å². The van der Waals surface area contributed by atoms with Crippen LogP contribution in [0.2, 0.25) is 0 Å². The van der Waals surface area contributed by atoms with Crippen LogP contribution in [0.15, 0.2) is 36.4 Å². The fourth-order valence-electron chi connectivity index (χ4n) is 2.99. The third-order valence-corrected chi connectivity index (χ3v) is 4.15. The van der Waals surface area contributed by atoms with E-state index in [-0.39, 0.29) is 11.9 Å². The lowest BCUT2D eigenvalue weighted by atomic mass is 10.2. The zero-order valence-electron chi connectivity index (χ0n) is 13.6. The number of rotatable bonds is 4. The van der Waals surface area contributed by atoms with Crippen molar-refractivity contribution in [3.8, 4) is 0 Å². The molecule has 0 saturated carbocycles. The Morgan fingerprint density at radius 1 is 1.17 bits per heavy atom. The molecule has 120 valence electrons. The van der Waals surface area contributed by atoms with Crippen molar-refractivity contribution in [2.24, 2.45) is 0 Å². The molecule has 1 N–H and O–H groups in total. The number of anilines is 1. The summed E-state index contributed by atoms with van der Waals surface area (Å²) in [5.74, 6) is 0.883. The molecule has 0 bridgehead atoms. The molecular formula is C18H22N4O. The topological polar surface area (TPSA) is 58.1 Å². The summed E-state index contributed by atoms with van der Waals surface area (Å²) < 4.78 is 0.